The molecule has 0 aliphatic carbocycles. The summed E-state index contributed by atoms with van der Waals surface area (Å²) in [6.07, 6.45) is 5.45. The molecule has 4 heterocycles. The predicted octanol–water partition coefficient (Wildman–Crippen LogP) is 1.71. The first kappa shape index (κ1) is 23.1. The van der Waals surface area contributed by atoms with E-state index in [-0.39, 0.29) is 30.1 Å². The van der Waals surface area contributed by atoms with Crippen molar-refractivity contribution in [3.05, 3.63) is 29.8 Å². The normalized spacial score (nSPS) is 28.9. The van der Waals surface area contributed by atoms with Crippen LogP contribution in [0.4, 0.5) is 10.5 Å². The topological polar surface area (TPSA) is 97.0 Å². The van der Waals surface area contributed by atoms with Crippen molar-refractivity contribution in [2.45, 2.75) is 69.2 Å². The number of likely N-dealkylation sites (tertiary alicyclic amines) is 2. The molecule has 9 nitrogen and oxygen atoms in total. The lowest BCUT2D eigenvalue weighted by Gasteiger charge is -2.51. The van der Waals surface area contributed by atoms with Crippen LogP contribution < -0.4 is 16.0 Å². The van der Waals surface area contributed by atoms with Crippen LogP contribution in [-0.2, 0) is 16.1 Å². The van der Waals surface area contributed by atoms with Crippen LogP contribution in [0, 0.1) is 0 Å². The minimum absolute atomic E-state index is 0.0183. The summed E-state index contributed by atoms with van der Waals surface area (Å²) in [7, 11) is 1.67. The van der Waals surface area contributed by atoms with Crippen LogP contribution in [0.15, 0.2) is 24.3 Å². The predicted molar refractivity (Wildman–Crippen MR) is 129 cm³/mol. The van der Waals surface area contributed by atoms with E-state index in [1.54, 1.807) is 7.05 Å². The summed E-state index contributed by atoms with van der Waals surface area (Å²) in [5, 5.41) is 9.49. The van der Waals surface area contributed by atoms with Crippen LogP contribution in [0.2, 0.25) is 0 Å². The van der Waals surface area contributed by atoms with Crippen LogP contribution in [0.25, 0.3) is 0 Å². The highest BCUT2D eigenvalue weighted by molar-refractivity contribution is 5.93. The Kier molecular flexibility index (Phi) is 6.48. The van der Waals surface area contributed by atoms with Crippen molar-refractivity contribution in [2.75, 3.05) is 38.5 Å². The molecule has 0 spiro atoms. The van der Waals surface area contributed by atoms with Gasteiger partial charge < -0.3 is 25.8 Å². The van der Waals surface area contributed by atoms with Crippen molar-refractivity contribution in [3.8, 4) is 0 Å². The van der Waals surface area contributed by atoms with Gasteiger partial charge in [-0.2, -0.15) is 0 Å². The summed E-state index contributed by atoms with van der Waals surface area (Å²) >= 11 is 0. The number of amides is 4. The van der Waals surface area contributed by atoms with E-state index in [4.69, 9.17) is 0 Å². The first-order valence-corrected chi connectivity index (χ1v) is 12.7. The molecular weight excluding hydrogens is 432 g/mol. The Labute approximate surface area is 201 Å². The van der Waals surface area contributed by atoms with E-state index < -0.39 is 5.54 Å². The van der Waals surface area contributed by atoms with Gasteiger partial charge >= 0.3 is 6.03 Å². The molecule has 9 heteroatoms. The number of fused-ring (bicyclic) bond motifs is 1. The number of carbonyl (C=O) groups excluding carboxylic acids is 3. The molecule has 2 atom stereocenters. The Bertz CT molecular complexity index is 946. The number of hydrogen-bond acceptors (Lipinski definition) is 5. The lowest BCUT2D eigenvalue weighted by Crippen LogP contribution is -2.69. The largest absolute Gasteiger partial charge is 0.357 e. The maximum atomic E-state index is 13.2. The highest BCUT2D eigenvalue weighted by Crippen LogP contribution is 2.35. The molecule has 0 aromatic heterocycles. The zero-order valence-corrected chi connectivity index (χ0v) is 20.0. The van der Waals surface area contributed by atoms with Crippen molar-refractivity contribution in [2.24, 2.45) is 0 Å². The van der Waals surface area contributed by atoms with Gasteiger partial charge in [0.05, 0.1) is 6.17 Å². The Morgan fingerprint density at radius 1 is 1.12 bits per heavy atom. The molecule has 1 aromatic rings. The van der Waals surface area contributed by atoms with Crippen molar-refractivity contribution < 1.29 is 14.4 Å². The summed E-state index contributed by atoms with van der Waals surface area (Å²) in [5.74, 6) is 0.0541. The third-order valence-electron chi connectivity index (χ3n) is 8.18. The van der Waals surface area contributed by atoms with Crippen LogP contribution in [0.5, 0.6) is 0 Å². The summed E-state index contributed by atoms with van der Waals surface area (Å²) in [6.45, 7) is 3.71. The van der Waals surface area contributed by atoms with Gasteiger partial charge in [0.25, 0.3) is 0 Å². The number of rotatable bonds is 4. The number of nitrogens with zero attached hydrogens (tertiary/aromatic N) is 3. The van der Waals surface area contributed by atoms with Gasteiger partial charge in [-0.25, -0.2) is 4.79 Å². The van der Waals surface area contributed by atoms with Gasteiger partial charge in [0.15, 0.2) is 0 Å². The second kappa shape index (κ2) is 9.54. The van der Waals surface area contributed by atoms with Crippen LogP contribution in [0.1, 0.15) is 50.5 Å². The first-order valence-electron chi connectivity index (χ1n) is 12.7. The molecule has 184 valence electrons. The number of likely N-dealkylation sites (N-methyl/N-ethyl adjacent to an activating group) is 1. The molecule has 1 aromatic carbocycles. The highest BCUT2D eigenvalue weighted by Gasteiger charge is 2.50. The van der Waals surface area contributed by atoms with Gasteiger partial charge in [0.1, 0.15) is 5.54 Å². The van der Waals surface area contributed by atoms with E-state index >= 15 is 0 Å². The van der Waals surface area contributed by atoms with E-state index in [1.165, 1.54) is 0 Å². The molecule has 2 unspecified atom stereocenters. The number of hydrogen-bond donors (Lipinski definition) is 3. The molecule has 0 saturated carbocycles. The molecule has 3 fully saturated rings. The van der Waals surface area contributed by atoms with Crippen molar-refractivity contribution in [3.63, 3.8) is 0 Å². The average Bonchev–Trinajstić information content (AvgIpc) is 2.88. The summed E-state index contributed by atoms with van der Waals surface area (Å²) in [6, 6.07) is 8.16. The van der Waals surface area contributed by atoms with E-state index in [2.05, 4.69) is 26.9 Å². The Morgan fingerprint density at radius 3 is 2.68 bits per heavy atom. The third kappa shape index (κ3) is 4.15. The molecule has 0 radical (unpaired) electrons. The van der Waals surface area contributed by atoms with E-state index in [1.807, 2.05) is 28.0 Å². The number of benzene rings is 1. The number of anilines is 1. The molecule has 34 heavy (non-hydrogen) atoms. The number of piperidine rings is 3. The van der Waals surface area contributed by atoms with Crippen molar-refractivity contribution >= 4 is 23.5 Å². The van der Waals surface area contributed by atoms with Gasteiger partial charge in [-0.05, 0) is 50.3 Å². The van der Waals surface area contributed by atoms with E-state index in [0.717, 1.165) is 50.0 Å². The maximum absolute atomic E-state index is 13.2. The highest BCUT2D eigenvalue weighted by atomic mass is 16.2. The standard InChI is InChI=1S/C25H36N6O3/c1-26-23(33)25(31-13-5-4-8-22(31)32)11-12-27-21(16-25)29-14-9-19(10-15-29)30-17-18-6-2-3-7-20(18)28-24(30)34/h2-3,6-7,19,21,27H,4-5,8-17H2,1H3,(H,26,33)(H,28,34). The molecule has 0 bridgehead atoms. The molecule has 4 aliphatic heterocycles. The lowest BCUT2D eigenvalue weighted by molar-refractivity contribution is -0.154. The van der Waals surface area contributed by atoms with Crippen LogP contribution in [0.3, 0.4) is 0 Å². The van der Waals surface area contributed by atoms with E-state index in [0.29, 0.717) is 38.9 Å². The Hall–Kier alpha value is -2.65. The number of nitrogens with one attached hydrogen (secondary N) is 3. The van der Waals surface area contributed by atoms with Gasteiger partial charge in [-0.3, -0.25) is 14.5 Å². The average molecular weight is 469 g/mol. The maximum Gasteiger partial charge on any atom is 0.322 e. The van der Waals surface area contributed by atoms with E-state index in [9.17, 15) is 14.4 Å². The fourth-order valence-electron chi connectivity index (χ4n) is 6.29. The minimum Gasteiger partial charge on any atom is -0.357 e. The Balaban J connectivity index is 1.25. The third-order valence-corrected chi connectivity index (χ3v) is 8.18. The monoisotopic (exact) mass is 468 g/mol. The van der Waals surface area contributed by atoms with Crippen molar-refractivity contribution in [1.29, 1.82) is 0 Å². The van der Waals surface area contributed by atoms with Crippen LogP contribution >= 0.6 is 0 Å². The second-order valence-corrected chi connectivity index (χ2v) is 10.0. The lowest BCUT2D eigenvalue weighted by atomic mass is 9.81. The zero-order chi connectivity index (χ0) is 23.7. The number of carbonyl (C=O) groups is 3. The van der Waals surface area contributed by atoms with Crippen LogP contribution in [-0.4, -0.2) is 83.5 Å². The SMILES string of the molecule is CNC(=O)C1(N2CCCCC2=O)CCNC(N2CCC(N3Cc4ccccc4NC3=O)CC2)C1. The molecule has 3 N–H and O–H groups in total. The van der Waals surface area contributed by atoms with Gasteiger partial charge in [-0.1, -0.05) is 18.2 Å². The van der Waals surface area contributed by atoms with Gasteiger partial charge in [-0.15, -0.1) is 0 Å². The Morgan fingerprint density at radius 2 is 1.91 bits per heavy atom. The summed E-state index contributed by atoms with van der Waals surface area (Å²) in [4.78, 5) is 44.9. The zero-order valence-electron chi connectivity index (χ0n) is 20.0. The quantitative estimate of drug-likeness (QED) is 0.625. The smallest absolute Gasteiger partial charge is 0.322 e. The van der Waals surface area contributed by atoms with Gasteiger partial charge in [0.2, 0.25) is 11.8 Å². The molecule has 3 saturated heterocycles. The fourth-order valence-corrected chi connectivity index (χ4v) is 6.29. The van der Waals surface area contributed by atoms with Gasteiger partial charge in [0, 0.05) is 57.8 Å². The summed E-state index contributed by atoms with van der Waals surface area (Å²) < 4.78 is 0. The molecule has 5 rings (SSSR count). The van der Waals surface area contributed by atoms with Crippen molar-refractivity contribution in [1.82, 2.24) is 25.3 Å². The fraction of sp³-hybridized carbons (Fsp3) is 0.640. The minimum atomic E-state index is -0.782. The summed E-state index contributed by atoms with van der Waals surface area (Å²) in [5.41, 5.74) is 1.28. The molecular formula is C25H36N6O3. The molecule has 4 aliphatic rings. The molecule has 4 amide bonds. The number of urea groups is 1. The second-order valence-electron chi connectivity index (χ2n) is 10.0. The number of para-hydroxylation sites is 1. The first-order chi connectivity index (χ1) is 16.5.